The molecule has 1 rings (SSSR count). The highest BCUT2D eigenvalue weighted by Gasteiger charge is 2.15. The van der Waals surface area contributed by atoms with Crippen LogP contribution in [0.2, 0.25) is 0 Å². The number of rotatable bonds is 5. The standard InChI is InChI=1S/C9H13NO5S2/c1-3-15-10-17(13,14)9-6-4-8(5-7-9)16(2,11)12/h4-7,10H,3H2,1-2H3. The Balaban J connectivity index is 3.03. The minimum atomic E-state index is -3.75. The molecule has 0 fully saturated rings. The SMILES string of the molecule is CCONS(=O)(=O)c1ccc(S(C)(=O)=O)cc1. The molecule has 0 aliphatic rings. The summed E-state index contributed by atoms with van der Waals surface area (Å²) in [5.41, 5.74) is 0. The van der Waals surface area contributed by atoms with E-state index in [9.17, 15) is 16.8 Å². The van der Waals surface area contributed by atoms with Gasteiger partial charge >= 0.3 is 0 Å². The molecule has 8 heteroatoms. The van der Waals surface area contributed by atoms with Crippen LogP contribution in [0.1, 0.15) is 6.92 Å². The van der Waals surface area contributed by atoms with Crippen molar-refractivity contribution in [2.75, 3.05) is 12.9 Å². The summed E-state index contributed by atoms with van der Waals surface area (Å²) in [5.74, 6) is 0. The molecule has 0 saturated carbocycles. The van der Waals surface area contributed by atoms with Gasteiger partial charge in [0.25, 0.3) is 10.0 Å². The van der Waals surface area contributed by atoms with Crippen LogP contribution in [0.3, 0.4) is 0 Å². The highest BCUT2D eigenvalue weighted by molar-refractivity contribution is 7.90. The van der Waals surface area contributed by atoms with Gasteiger partial charge in [-0.1, -0.05) is 4.89 Å². The van der Waals surface area contributed by atoms with Crippen molar-refractivity contribution in [3.05, 3.63) is 24.3 Å². The van der Waals surface area contributed by atoms with Crippen LogP contribution < -0.4 is 4.89 Å². The third-order valence-electron chi connectivity index (χ3n) is 1.88. The van der Waals surface area contributed by atoms with Crippen molar-refractivity contribution in [3.8, 4) is 0 Å². The molecule has 96 valence electrons. The van der Waals surface area contributed by atoms with Crippen molar-refractivity contribution in [1.29, 1.82) is 0 Å². The van der Waals surface area contributed by atoms with Gasteiger partial charge in [0, 0.05) is 6.26 Å². The van der Waals surface area contributed by atoms with Crippen LogP contribution in [0.5, 0.6) is 0 Å². The van der Waals surface area contributed by atoms with Gasteiger partial charge in [0.1, 0.15) is 0 Å². The second-order valence-electron chi connectivity index (χ2n) is 3.26. The van der Waals surface area contributed by atoms with Gasteiger partial charge in [0.15, 0.2) is 9.84 Å². The summed E-state index contributed by atoms with van der Waals surface area (Å²) in [6.07, 6.45) is 1.05. The van der Waals surface area contributed by atoms with Crippen molar-refractivity contribution in [3.63, 3.8) is 0 Å². The Morgan fingerprint density at radius 3 is 1.94 bits per heavy atom. The normalized spacial score (nSPS) is 12.6. The molecule has 0 bridgehead atoms. The Morgan fingerprint density at radius 2 is 1.53 bits per heavy atom. The zero-order valence-corrected chi connectivity index (χ0v) is 11.0. The molecule has 6 nitrogen and oxygen atoms in total. The van der Waals surface area contributed by atoms with E-state index in [4.69, 9.17) is 0 Å². The van der Waals surface area contributed by atoms with Crippen LogP contribution in [0.25, 0.3) is 0 Å². The largest absolute Gasteiger partial charge is 0.287 e. The third-order valence-corrected chi connectivity index (χ3v) is 4.23. The highest BCUT2D eigenvalue weighted by atomic mass is 32.2. The maximum absolute atomic E-state index is 11.6. The van der Waals surface area contributed by atoms with Crippen molar-refractivity contribution < 1.29 is 21.7 Å². The Labute approximate surface area is 101 Å². The van der Waals surface area contributed by atoms with E-state index in [1.807, 2.05) is 4.89 Å². The Hall–Kier alpha value is -0.960. The van der Waals surface area contributed by atoms with E-state index in [0.29, 0.717) is 0 Å². The van der Waals surface area contributed by atoms with Gasteiger partial charge in [-0.25, -0.2) is 16.8 Å². The number of sulfonamides is 1. The molecule has 0 unspecified atom stereocenters. The summed E-state index contributed by atoms with van der Waals surface area (Å²) in [4.78, 5) is 6.51. The van der Waals surface area contributed by atoms with Gasteiger partial charge in [-0.3, -0.25) is 4.84 Å². The van der Waals surface area contributed by atoms with Crippen LogP contribution in [0, 0.1) is 0 Å². The molecule has 1 aromatic carbocycles. The topological polar surface area (TPSA) is 89.5 Å². The fourth-order valence-corrected chi connectivity index (χ4v) is 2.54. The maximum atomic E-state index is 11.6. The smallest absolute Gasteiger partial charge is 0.262 e. The van der Waals surface area contributed by atoms with Gasteiger partial charge in [-0.2, -0.15) is 0 Å². The van der Waals surface area contributed by atoms with Gasteiger partial charge in [-0.05, 0) is 31.2 Å². The molecule has 1 aromatic rings. The molecule has 0 aliphatic heterocycles. The molecular weight excluding hydrogens is 266 g/mol. The number of sulfone groups is 1. The fourth-order valence-electron chi connectivity index (χ4n) is 1.05. The zero-order valence-electron chi connectivity index (χ0n) is 9.37. The van der Waals surface area contributed by atoms with E-state index >= 15 is 0 Å². The predicted molar refractivity (Wildman–Crippen MR) is 61.5 cm³/mol. The van der Waals surface area contributed by atoms with Crippen molar-refractivity contribution in [2.45, 2.75) is 16.7 Å². The molecule has 0 aromatic heterocycles. The lowest BCUT2D eigenvalue weighted by Crippen LogP contribution is -2.23. The predicted octanol–water partition coefficient (Wildman–Crippen LogP) is 0.320. The van der Waals surface area contributed by atoms with Crippen LogP contribution in [-0.4, -0.2) is 29.7 Å². The summed E-state index contributed by atoms with van der Waals surface area (Å²) in [6.45, 7) is 1.83. The quantitative estimate of drug-likeness (QED) is 0.784. The lowest BCUT2D eigenvalue weighted by Gasteiger charge is -2.06. The summed E-state index contributed by atoms with van der Waals surface area (Å²) in [5, 5.41) is 0. The highest BCUT2D eigenvalue weighted by Crippen LogP contribution is 2.14. The molecule has 0 aliphatic carbocycles. The maximum Gasteiger partial charge on any atom is 0.262 e. The number of hydrogen-bond acceptors (Lipinski definition) is 5. The summed E-state index contributed by atoms with van der Waals surface area (Å²) < 4.78 is 45.5. The Kier molecular flexibility index (Phi) is 4.26. The van der Waals surface area contributed by atoms with Crippen LogP contribution in [0.15, 0.2) is 34.1 Å². The molecule has 0 spiro atoms. The van der Waals surface area contributed by atoms with Crippen LogP contribution in [-0.2, 0) is 24.7 Å². The third kappa shape index (κ3) is 3.77. The molecule has 1 N–H and O–H groups in total. The second-order valence-corrected chi connectivity index (χ2v) is 6.92. The lowest BCUT2D eigenvalue weighted by atomic mass is 10.4. The first kappa shape index (κ1) is 14.1. The summed E-state index contributed by atoms with van der Waals surface area (Å²) in [6, 6.07) is 4.88. The van der Waals surface area contributed by atoms with Crippen molar-refractivity contribution >= 4 is 19.9 Å². The Morgan fingerprint density at radius 1 is 1.06 bits per heavy atom. The summed E-state index contributed by atoms with van der Waals surface area (Å²) >= 11 is 0. The molecule has 0 saturated heterocycles. The molecule has 0 atom stereocenters. The molecule has 0 heterocycles. The van der Waals surface area contributed by atoms with E-state index in [1.54, 1.807) is 6.92 Å². The van der Waals surface area contributed by atoms with E-state index in [1.165, 1.54) is 24.3 Å². The van der Waals surface area contributed by atoms with Crippen molar-refractivity contribution in [1.82, 2.24) is 4.89 Å². The van der Waals surface area contributed by atoms with Gasteiger partial charge in [0.2, 0.25) is 0 Å². The van der Waals surface area contributed by atoms with E-state index < -0.39 is 19.9 Å². The lowest BCUT2D eigenvalue weighted by molar-refractivity contribution is 0.105. The molecule has 0 amide bonds. The monoisotopic (exact) mass is 279 g/mol. The average molecular weight is 279 g/mol. The molecular formula is C9H13NO5S2. The van der Waals surface area contributed by atoms with Gasteiger partial charge < -0.3 is 0 Å². The Bertz CT molecular complexity index is 574. The van der Waals surface area contributed by atoms with Crippen LogP contribution >= 0.6 is 0 Å². The van der Waals surface area contributed by atoms with E-state index in [-0.39, 0.29) is 16.4 Å². The summed E-state index contributed by atoms with van der Waals surface area (Å²) in [7, 11) is -7.08. The minimum absolute atomic E-state index is 0.0571. The van der Waals surface area contributed by atoms with Gasteiger partial charge in [0.05, 0.1) is 16.4 Å². The number of hydrogen-bond donors (Lipinski definition) is 1. The first-order valence-electron chi connectivity index (χ1n) is 4.71. The first-order chi connectivity index (χ1) is 7.77. The van der Waals surface area contributed by atoms with E-state index in [2.05, 4.69) is 4.84 Å². The number of benzene rings is 1. The van der Waals surface area contributed by atoms with E-state index in [0.717, 1.165) is 6.26 Å². The van der Waals surface area contributed by atoms with Crippen molar-refractivity contribution in [2.24, 2.45) is 0 Å². The molecule has 0 radical (unpaired) electrons. The second kappa shape index (κ2) is 5.13. The fraction of sp³-hybridized carbons (Fsp3) is 0.333. The van der Waals surface area contributed by atoms with Gasteiger partial charge in [-0.15, -0.1) is 0 Å². The average Bonchev–Trinajstić information content (AvgIpc) is 2.25. The van der Waals surface area contributed by atoms with Crippen LogP contribution in [0.4, 0.5) is 0 Å². The molecule has 17 heavy (non-hydrogen) atoms. The first-order valence-corrected chi connectivity index (χ1v) is 8.08. The zero-order chi connectivity index (χ0) is 13.1. The number of nitrogens with one attached hydrogen (secondary N) is 1. The minimum Gasteiger partial charge on any atom is -0.287 e.